The summed E-state index contributed by atoms with van der Waals surface area (Å²) in [5.41, 5.74) is -0.555. The summed E-state index contributed by atoms with van der Waals surface area (Å²) in [5, 5.41) is 2.35. The van der Waals surface area contributed by atoms with Crippen molar-refractivity contribution in [1.29, 1.82) is 0 Å². The fraction of sp³-hybridized carbons (Fsp3) is 0.350. The van der Waals surface area contributed by atoms with Gasteiger partial charge in [0.15, 0.2) is 0 Å². The number of nitrogens with zero attached hydrogens (tertiary/aromatic N) is 1. The van der Waals surface area contributed by atoms with Crippen molar-refractivity contribution >= 4 is 37.5 Å². The van der Waals surface area contributed by atoms with E-state index in [4.69, 9.17) is 0 Å². The van der Waals surface area contributed by atoms with Crippen LogP contribution in [0.2, 0.25) is 0 Å². The molecule has 2 aromatic rings. The van der Waals surface area contributed by atoms with Gasteiger partial charge in [-0.25, -0.2) is 12.7 Å². The Morgan fingerprint density at radius 3 is 2.40 bits per heavy atom. The van der Waals surface area contributed by atoms with Crippen LogP contribution in [0, 0.1) is 5.92 Å². The van der Waals surface area contributed by atoms with E-state index in [2.05, 4.69) is 21.2 Å². The molecule has 1 saturated heterocycles. The molecule has 0 radical (unpaired) electrons. The third-order valence-electron chi connectivity index (χ3n) is 4.95. The van der Waals surface area contributed by atoms with Gasteiger partial charge in [-0.15, -0.1) is 0 Å². The molecule has 1 aliphatic rings. The zero-order valence-electron chi connectivity index (χ0n) is 15.8. The second kappa shape index (κ2) is 9.07. The fourth-order valence-corrected chi connectivity index (χ4v) is 5.40. The molecule has 0 aromatic heterocycles. The van der Waals surface area contributed by atoms with Crippen LogP contribution in [0.15, 0.2) is 53.0 Å². The zero-order chi connectivity index (χ0) is 21.9. The number of hydrogen-bond donors (Lipinski definition) is 1. The first-order valence-electron chi connectivity index (χ1n) is 9.25. The lowest BCUT2D eigenvalue weighted by atomic mass is 9.97. The third-order valence-corrected chi connectivity index (χ3v) is 7.29. The number of hydrogen-bond acceptors (Lipinski definition) is 3. The highest BCUT2D eigenvalue weighted by Crippen LogP contribution is 2.35. The van der Waals surface area contributed by atoms with E-state index in [0.717, 1.165) is 10.5 Å². The molecule has 2 aromatic carbocycles. The number of carbonyl (C=O) groups excluding carboxylic acids is 1. The standard InChI is InChI=1S/C20H20BrF3N2O3S/c21-16-5-3-4-14(12-16)13-30(28,29)26-10-8-15(9-11-26)19(27)25-18-7-2-1-6-17(18)20(22,23)24/h1-7,12,15H,8-11,13H2,(H,25,27). The molecular formula is C20H20BrF3N2O3S. The van der Waals surface area contributed by atoms with Gasteiger partial charge in [0.05, 0.1) is 17.0 Å². The first-order valence-corrected chi connectivity index (χ1v) is 11.7. The first kappa shape index (κ1) is 22.8. The lowest BCUT2D eigenvalue weighted by Crippen LogP contribution is -2.42. The van der Waals surface area contributed by atoms with Crippen molar-refractivity contribution in [3.05, 3.63) is 64.1 Å². The van der Waals surface area contributed by atoms with E-state index in [1.807, 2.05) is 0 Å². The average molecular weight is 505 g/mol. The highest BCUT2D eigenvalue weighted by molar-refractivity contribution is 9.10. The predicted molar refractivity (Wildman–Crippen MR) is 111 cm³/mol. The molecule has 0 unspecified atom stereocenters. The highest BCUT2D eigenvalue weighted by atomic mass is 79.9. The largest absolute Gasteiger partial charge is 0.418 e. The summed E-state index contributed by atoms with van der Waals surface area (Å²) in [6.07, 6.45) is -4.08. The molecule has 3 rings (SSSR count). The number of halogens is 4. The van der Waals surface area contributed by atoms with Crippen molar-refractivity contribution in [3.63, 3.8) is 0 Å². The van der Waals surface area contributed by atoms with Crippen LogP contribution in [0.3, 0.4) is 0 Å². The summed E-state index contributed by atoms with van der Waals surface area (Å²) < 4.78 is 66.8. The number of piperidine rings is 1. The summed E-state index contributed by atoms with van der Waals surface area (Å²) in [4.78, 5) is 12.5. The van der Waals surface area contributed by atoms with Crippen molar-refractivity contribution in [1.82, 2.24) is 4.31 Å². The summed E-state index contributed by atoms with van der Waals surface area (Å²) in [6, 6.07) is 11.8. The molecule has 5 nitrogen and oxygen atoms in total. The number of alkyl halides is 3. The molecule has 1 fully saturated rings. The van der Waals surface area contributed by atoms with Gasteiger partial charge in [-0.3, -0.25) is 4.79 Å². The Labute approximate surface area is 181 Å². The van der Waals surface area contributed by atoms with Crippen LogP contribution in [0.25, 0.3) is 0 Å². The first-order chi connectivity index (χ1) is 14.1. The minimum absolute atomic E-state index is 0.148. The van der Waals surface area contributed by atoms with Gasteiger partial charge in [-0.05, 0) is 42.7 Å². The molecule has 1 aliphatic heterocycles. The molecule has 0 bridgehead atoms. The lowest BCUT2D eigenvalue weighted by Gasteiger charge is -2.30. The van der Waals surface area contributed by atoms with Gasteiger partial charge < -0.3 is 5.32 Å². The Hall–Kier alpha value is -1.91. The van der Waals surface area contributed by atoms with Crippen LogP contribution >= 0.6 is 15.9 Å². The minimum atomic E-state index is -4.58. The summed E-state index contributed by atoms with van der Waals surface area (Å²) in [6.45, 7) is 0.296. The summed E-state index contributed by atoms with van der Waals surface area (Å²) in [7, 11) is -3.56. The zero-order valence-corrected chi connectivity index (χ0v) is 18.2. The Bertz CT molecular complexity index is 1020. The molecule has 0 atom stereocenters. The van der Waals surface area contributed by atoms with Crippen molar-refractivity contribution in [2.75, 3.05) is 18.4 Å². The molecule has 0 spiro atoms. The highest BCUT2D eigenvalue weighted by Gasteiger charge is 2.35. The van der Waals surface area contributed by atoms with Gasteiger partial charge in [-0.1, -0.05) is 40.2 Å². The molecule has 30 heavy (non-hydrogen) atoms. The number of nitrogens with one attached hydrogen (secondary N) is 1. The van der Waals surface area contributed by atoms with Crippen LogP contribution in [-0.2, 0) is 26.7 Å². The van der Waals surface area contributed by atoms with Crippen LogP contribution in [-0.4, -0.2) is 31.7 Å². The number of sulfonamides is 1. The second-order valence-electron chi connectivity index (χ2n) is 7.09. The Balaban J connectivity index is 1.61. The van der Waals surface area contributed by atoms with Crippen LogP contribution in [0.1, 0.15) is 24.0 Å². The third kappa shape index (κ3) is 5.61. The average Bonchev–Trinajstić information content (AvgIpc) is 2.67. The van der Waals surface area contributed by atoms with E-state index in [-0.39, 0.29) is 37.4 Å². The van der Waals surface area contributed by atoms with Crippen molar-refractivity contribution in [2.24, 2.45) is 5.92 Å². The van der Waals surface area contributed by atoms with Gasteiger partial charge in [0, 0.05) is 23.5 Å². The molecule has 0 aliphatic carbocycles. The van der Waals surface area contributed by atoms with E-state index in [0.29, 0.717) is 5.56 Å². The normalized spacial score (nSPS) is 16.4. The van der Waals surface area contributed by atoms with Gasteiger partial charge in [0.25, 0.3) is 0 Å². The maximum atomic E-state index is 13.1. The topological polar surface area (TPSA) is 66.5 Å². The monoisotopic (exact) mass is 504 g/mol. The van der Waals surface area contributed by atoms with Crippen molar-refractivity contribution in [3.8, 4) is 0 Å². The van der Waals surface area contributed by atoms with E-state index >= 15 is 0 Å². The second-order valence-corrected chi connectivity index (χ2v) is 9.98. The van der Waals surface area contributed by atoms with E-state index in [1.54, 1.807) is 24.3 Å². The number of rotatable bonds is 5. The van der Waals surface area contributed by atoms with Crippen LogP contribution in [0.4, 0.5) is 18.9 Å². The predicted octanol–water partition coefficient (Wildman–Crippen LogP) is 4.65. The van der Waals surface area contributed by atoms with Crippen molar-refractivity contribution < 1.29 is 26.4 Å². The number of amides is 1. The molecular weight excluding hydrogens is 485 g/mol. The Morgan fingerprint density at radius 2 is 1.77 bits per heavy atom. The summed E-state index contributed by atoms with van der Waals surface area (Å²) >= 11 is 3.31. The van der Waals surface area contributed by atoms with Gasteiger partial charge in [-0.2, -0.15) is 13.2 Å². The lowest BCUT2D eigenvalue weighted by molar-refractivity contribution is -0.137. The number of anilines is 1. The van der Waals surface area contributed by atoms with Crippen LogP contribution < -0.4 is 5.32 Å². The molecule has 1 heterocycles. The van der Waals surface area contributed by atoms with E-state index in [9.17, 15) is 26.4 Å². The van der Waals surface area contributed by atoms with Crippen LogP contribution in [0.5, 0.6) is 0 Å². The Morgan fingerprint density at radius 1 is 1.10 bits per heavy atom. The maximum Gasteiger partial charge on any atom is 0.418 e. The number of carbonyl (C=O) groups is 1. The maximum absolute atomic E-state index is 13.1. The van der Waals surface area contributed by atoms with E-state index < -0.39 is 33.6 Å². The molecule has 162 valence electrons. The minimum Gasteiger partial charge on any atom is -0.325 e. The van der Waals surface area contributed by atoms with Crippen molar-refractivity contribution in [2.45, 2.75) is 24.8 Å². The van der Waals surface area contributed by atoms with Gasteiger partial charge in [0.1, 0.15) is 0 Å². The number of benzene rings is 2. The quantitative estimate of drug-likeness (QED) is 0.644. The van der Waals surface area contributed by atoms with Gasteiger partial charge in [0.2, 0.25) is 15.9 Å². The molecule has 1 N–H and O–H groups in total. The summed E-state index contributed by atoms with van der Waals surface area (Å²) in [5.74, 6) is -1.23. The fourth-order valence-electron chi connectivity index (χ4n) is 3.40. The van der Waals surface area contributed by atoms with Gasteiger partial charge >= 0.3 is 6.18 Å². The molecule has 10 heteroatoms. The Kier molecular flexibility index (Phi) is 6.88. The molecule has 1 amide bonds. The molecule has 0 saturated carbocycles. The SMILES string of the molecule is O=C(Nc1ccccc1C(F)(F)F)C1CCN(S(=O)(=O)Cc2cccc(Br)c2)CC1. The number of para-hydroxylation sites is 1. The smallest absolute Gasteiger partial charge is 0.325 e. The van der Waals surface area contributed by atoms with E-state index in [1.165, 1.54) is 22.5 Å².